The summed E-state index contributed by atoms with van der Waals surface area (Å²) >= 11 is 0. The van der Waals surface area contributed by atoms with Crippen LogP contribution in [0.3, 0.4) is 0 Å². The van der Waals surface area contributed by atoms with E-state index in [0.29, 0.717) is 12.0 Å². The molecule has 0 aliphatic heterocycles. The molecule has 0 aliphatic carbocycles. The minimum atomic E-state index is -0.701. The average molecular weight is 321 g/mol. The maximum atomic E-state index is 12.8. The van der Waals surface area contributed by atoms with Gasteiger partial charge in [0, 0.05) is 11.6 Å². The summed E-state index contributed by atoms with van der Waals surface area (Å²) in [7, 11) is 0. The third-order valence-electron chi connectivity index (χ3n) is 3.79. The van der Waals surface area contributed by atoms with Gasteiger partial charge in [-0.15, -0.1) is 0 Å². The van der Waals surface area contributed by atoms with Gasteiger partial charge in [0.1, 0.15) is 0 Å². The van der Waals surface area contributed by atoms with E-state index in [2.05, 4.69) is 5.32 Å². The van der Waals surface area contributed by atoms with Crippen LogP contribution in [0.25, 0.3) is 0 Å². The summed E-state index contributed by atoms with van der Waals surface area (Å²) in [6.45, 7) is 7.68. The molecule has 0 saturated heterocycles. The monoisotopic (exact) mass is 321 g/mol. The van der Waals surface area contributed by atoms with Gasteiger partial charge in [-0.2, -0.15) is 0 Å². The molecule has 2 N–H and O–H groups in total. The highest BCUT2D eigenvalue weighted by Crippen LogP contribution is 2.15. The fraction of sp³-hybridized carbons (Fsp3) is 0.556. The minimum absolute atomic E-state index is 0.0451. The Hall–Kier alpha value is -1.72. The number of aryl methyl sites for hydroxylation is 2. The predicted octanol–water partition coefficient (Wildman–Crippen LogP) is 2.17. The first-order valence-corrected chi connectivity index (χ1v) is 8.06. The van der Waals surface area contributed by atoms with Crippen LogP contribution >= 0.6 is 0 Å². The molecule has 0 aromatic heterocycles. The summed E-state index contributed by atoms with van der Waals surface area (Å²) in [5.74, 6) is -0.571. The first-order valence-electron chi connectivity index (χ1n) is 8.06. The summed E-state index contributed by atoms with van der Waals surface area (Å²) in [6.07, 6.45) is 0.618. The van der Waals surface area contributed by atoms with Crippen LogP contribution in [-0.4, -0.2) is 42.2 Å². The molecule has 0 aliphatic rings. The van der Waals surface area contributed by atoms with Crippen molar-refractivity contribution in [2.75, 3.05) is 13.2 Å². The van der Waals surface area contributed by atoms with Gasteiger partial charge < -0.3 is 15.2 Å². The van der Waals surface area contributed by atoms with Crippen LogP contribution in [0.2, 0.25) is 0 Å². The highest BCUT2D eigenvalue weighted by molar-refractivity contribution is 6.03. The topological polar surface area (TPSA) is 75.6 Å². The summed E-state index contributed by atoms with van der Waals surface area (Å²) in [5, 5.41) is 12.4. The smallest absolute Gasteiger partial charge is 0.307 e. The van der Waals surface area contributed by atoms with E-state index in [4.69, 9.17) is 4.74 Å². The number of rotatable bonds is 9. The van der Waals surface area contributed by atoms with E-state index < -0.39 is 12.0 Å². The van der Waals surface area contributed by atoms with E-state index in [1.165, 1.54) is 0 Å². The number of nitrogens with one attached hydrogen (secondary N) is 1. The maximum Gasteiger partial charge on any atom is 0.307 e. The molecule has 5 nitrogen and oxygen atoms in total. The first kappa shape index (κ1) is 19.3. The molecule has 0 saturated carbocycles. The Morgan fingerprint density at radius 2 is 1.96 bits per heavy atom. The molecule has 0 fully saturated rings. The Labute approximate surface area is 138 Å². The van der Waals surface area contributed by atoms with Crippen LogP contribution < -0.4 is 5.32 Å². The van der Waals surface area contributed by atoms with Crippen LogP contribution in [0, 0.1) is 13.8 Å². The van der Waals surface area contributed by atoms with E-state index in [-0.39, 0.29) is 31.5 Å². The molecule has 23 heavy (non-hydrogen) atoms. The second kappa shape index (κ2) is 9.43. The number of Topliss-reactive ketones (excluding diaryl/α,β-unsaturated/α-hetero) is 1. The highest BCUT2D eigenvalue weighted by Gasteiger charge is 2.26. The van der Waals surface area contributed by atoms with Gasteiger partial charge in [-0.3, -0.25) is 9.59 Å². The van der Waals surface area contributed by atoms with E-state index in [0.717, 1.165) is 11.1 Å². The van der Waals surface area contributed by atoms with E-state index in [1.54, 1.807) is 13.0 Å². The number of hydrogen-bond acceptors (Lipinski definition) is 5. The third-order valence-corrected chi connectivity index (χ3v) is 3.79. The predicted molar refractivity (Wildman–Crippen MR) is 89.6 cm³/mol. The normalized spacial score (nSPS) is 13.4. The number of ketones is 1. The average Bonchev–Trinajstić information content (AvgIpc) is 2.51. The molecule has 1 aromatic rings. The van der Waals surface area contributed by atoms with Gasteiger partial charge in [-0.05, 0) is 32.8 Å². The number of benzene rings is 1. The van der Waals surface area contributed by atoms with Crippen molar-refractivity contribution in [2.24, 2.45) is 0 Å². The lowest BCUT2D eigenvalue weighted by molar-refractivity contribution is -0.143. The fourth-order valence-electron chi connectivity index (χ4n) is 2.48. The lowest BCUT2D eigenvalue weighted by Crippen LogP contribution is -2.46. The summed E-state index contributed by atoms with van der Waals surface area (Å²) < 4.78 is 4.96. The summed E-state index contributed by atoms with van der Waals surface area (Å²) in [5.41, 5.74) is 2.55. The molecule has 1 aromatic carbocycles. The molecular weight excluding hydrogens is 294 g/mol. The molecule has 0 amide bonds. The van der Waals surface area contributed by atoms with Gasteiger partial charge >= 0.3 is 5.97 Å². The van der Waals surface area contributed by atoms with Crippen molar-refractivity contribution < 1.29 is 19.4 Å². The number of aliphatic hydroxyl groups excluding tert-OH is 1. The van der Waals surface area contributed by atoms with Crippen molar-refractivity contribution >= 4 is 11.8 Å². The lowest BCUT2D eigenvalue weighted by atomic mass is 9.95. The zero-order valence-corrected chi connectivity index (χ0v) is 14.4. The van der Waals surface area contributed by atoms with Crippen molar-refractivity contribution in [1.29, 1.82) is 0 Å². The second-order valence-corrected chi connectivity index (χ2v) is 5.70. The Kier molecular flexibility index (Phi) is 7.92. The number of ether oxygens (including phenoxy) is 1. The second-order valence-electron chi connectivity index (χ2n) is 5.70. The number of carbonyl (C=O) groups is 2. The quantitative estimate of drug-likeness (QED) is 0.538. The minimum Gasteiger partial charge on any atom is -0.466 e. The standard InChI is InChI=1S/C18H27NO4/c1-5-14(11-20)19-16(10-17(21)23-6-2)18(22)15-8-7-12(3)9-13(15)4/h7-9,14,16,19-20H,5-6,10-11H2,1-4H3. The Morgan fingerprint density at radius 1 is 1.26 bits per heavy atom. The zero-order chi connectivity index (χ0) is 17.4. The van der Waals surface area contributed by atoms with Gasteiger partial charge in [-0.1, -0.05) is 30.7 Å². The Bertz CT molecular complexity index is 538. The molecule has 2 unspecified atom stereocenters. The molecule has 0 heterocycles. The molecule has 2 atom stereocenters. The van der Waals surface area contributed by atoms with Crippen molar-refractivity contribution in [3.05, 3.63) is 34.9 Å². The zero-order valence-electron chi connectivity index (χ0n) is 14.4. The third kappa shape index (κ3) is 5.77. The van der Waals surface area contributed by atoms with E-state index in [1.807, 2.05) is 32.9 Å². The molecule has 5 heteroatoms. The van der Waals surface area contributed by atoms with Crippen molar-refractivity contribution in [1.82, 2.24) is 5.32 Å². The van der Waals surface area contributed by atoms with Crippen molar-refractivity contribution in [3.63, 3.8) is 0 Å². The van der Waals surface area contributed by atoms with Gasteiger partial charge in [0.05, 0.1) is 25.7 Å². The largest absolute Gasteiger partial charge is 0.466 e. The number of carbonyl (C=O) groups excluding carboxylic acids is 2. The number of hydrogen-bond donors (Lipinski definition) is 2. The van der Waals surface area contributed by atoms with Gasteiger partial charge in [-0.25, -0.2) is 0 Å². The summed E-state index contributed by atoms with van der Waals surface area (Å²) in [6, 6.07) is 4.67. The Morgan fingerprint density at radius 3 is 2.48 bits per heavy atom. The van der Waals surface area contributed by atoms with Crippen LogP contribution in [0.5, 0.6) is 0 Å². The van der Waals surface area contributed by atoms with Gasteiger partial charge in [0.2, 0.25) is 0 Å². The molecule has 0 radical (unpaired) electrons. The van der Waals surface area contributed by atoms with Gasteiger partial charge in [0.15, 0.2) is 5.78 Å². The van der Waals surface area contributed by atoms with E-state index >= 15 is 0 Å². The van der Waals surface area contributed by atoms with Crippen LogP contribution in [-0.2, 0) is 9.53 Å². The van der Waals surface area contributed by atoms with E-state index in [9.17, 15) is 14.7 Å². The van der Waals surface area contributed by atoms with Crippen molar-refractivity contribution in [3.8, 4) is 0 Å². The van der Waals surface area contributed by atoms with Gasteiger partial charge in [0.25, 0.3) is 0 Å². The maximum absolute atomic E-state index is 12.8. The lowest BCUT2D eigenvalue weighted by Gasteiger charge is -2.23. The molecule has 1 rings (SSSR count). The molecule has 0 bridgehead atoms. The van der Waals surface area contributed by atoms with Crippen molar-refractivity contribution in [2.45, 2.75) is 52.6 Å². The SMILES string of the molecule is CCOC(=O)CC(NC(CC)CO)C(=O)c1ccc(C)cc1C. The molecule has 0 spiro atoms. The first-order chi connectivity index (χ1) is 10.9. The molecular formula is C18H27NO4. The van der Waals surface area contributed by atoms with Crippen LogP contribution in [0.1, 0.15) is 48.2 Å². The highest BCUT2D eigenvalue weighted by atomic mass is 16.5. The fourth-order valence-corrected chi connectivity index (χ4v) is 2.48. The Balaban J connectivity index is 3.00. The van der Waals surface area contributed by atoms with Crippen LogP contribution in [0.4, 0.5) is 0 Å². The number of aliphatic hydroxyl groups is 1. The van der Waals surface area contributed by atoms with Crippen LogP contribution in [0.15, 0.2) is 18.2 Å². The summed E-state index contributed by atoms with van der Waals surface area (Å²) in [4.78, 5) is 24.6. The number of esters is 1. The molecule has 128 valence electrons.